The molecule has 59 valence electrons. The third-order valence-corrected chi connectivity index (χ3v) is 1.24. The van der Waals surface area contributed by atoms with Gasteiger partial charge in [0.25, 0.3) is 11.0 Å². The number of hydrogen-bond acceptors (Lipinski definition) is 4. The quantitative estimate of drug-likeness (QED) is 0.658. The van der Waals surface area contributed by atoms with Crippen molar-refractivity contribution in [1.29, 1.82) is 0 Å². The van der Waals surface area contributed by atoms with Gasteiger partial charge in [0.2, 0.25) is 0 Å². The number of hydrogen-bond donors (Lipinski definition) is 1. The van der Waals surface area contributed by atoms with Gasteiger partial charge in [0.1, 0.15) is 6.61 Å². The van der Waals surface area contributed by atoms with Gasteiger partial charge in [-0.25, -0.2) is 8.42 Å². The molecule has 1 heterocycles. The Morgan fingerprint density at radius 1 is 1.55 bits per heavy atom. The van der Waals surface area contributed by atoms with E-state index in [-0.39, 0.29) is 0 Å². The smallest absolute Gasteiger partial charge is 0.257 e. The van der Waals surface area contributed by atoms with E-state index in [2.05, 4.69) is 9.17 Å². The number of aromatic nitrogens is 1. The van der Waals surface area contributed by atoms with Crippen LogP contribution in [0, 0.1) is 6.61 Å². The average Bonchev–Trinajstić information content (AvgIpc) is 2.03. The lowest BCUT2D eigenvalue weighted by molar-refractivity contribution is 0.429. The molecule has 0 bridgehead atoms. The molecular formula is C6H6NO3S. The van der Waals surface area contributed by atoms with E-state index in [4.69, 9.17) is 0 Å². The van der Waals surface area contributed by atoms with Crippen LogP contribution in [0.15, 0.2) is 24.5 Å². The summed E-state index contributed by atoms with van der Waals surface area (Å²) in [4.78, 5) is 3.75. The van der Waals surface area contributed by atoms with Crippen LogP contribution < -0.4 is 0 Å². The van der Waals surface area contributed by atoms with E-state index >= 15 is 0 Å². The number of thiol groups is 1. The molecule has 11 heavy (non-hydrogen) atoms. The molecule has 0 amide bonds. The first kappa shape index (κ1) is 8.16. The van der Waals surface area contributed by atoms with Crippen LogP contribution in [0.1, 0.15) is 5.56 Å². The van der Waals surface area contributed by atoms with Crippen molar-refractivity contribution < 1.29 is 12.6 Å². The first-order chi connectivity index (χ1) is 5.29. The van der Waals surface area contributed by atoms with Crippen LogP contribution in [0.4, 0.5) is 0 Å². The van der Waals surface area contributed by atoms with Crippen molar-refractivity contribution in [2.75, 3.05) is 0 Å². The highest BCUT2D eigenvalue weighted by atomic mass is 32.2. The third-order valence-electron chi connectivity index (χ3n) is 0.959. The van der Waals surface area contributed by atoms with Gasteiger partial charge in [0.15, 0.2) is 0 Å². The summed E-state index contributed by atoms with van der Waals surface area (Å²) < 4.78 is 24.1. The highest BCUT2D eigenvalue weighted by molar-refractivity contribution is 7.67. The number of nitrogens with zero attached hydrogens (tertiary/aromatic N) is 1. The Balaban J connectivity index is 2.52. The van der Waals surface area contributed by atoms with Crippen LogP contribution in [-0.2, 0) is 15.2 Å². The van der Waals surface area contributed by atoms with Crippen molar-refractivity contribution in [2.24, 2.45) is 0 Å². The average molecular weight is 172 g/mol. The van der Waals surface area contributed by atoms with E-state index < -0.39 is 11.0 Å². The van der Waals surface area contributed by atoms with Crippen LogP contribution >= 0.6 is 0 Å². The molecule has 0 fully saturated rings. The second-order valence-electron chi connectivity index (χ2n) is 1.73. The third kappa shape index (κ3) is 3.10. The molecule has 0 saturated carbocycles. The molecule has 1 aromatic heterocycles. The fourth-order valence-electron chi connectivity index (χ4n) is 0.550. The SMILES string of the molecule is O=[SH](=O)O[CH]c1cccnc1. The standard InChI is InChI=1S/C6H6NO3S/c8-11(9)10-5-6-2-1-3-7-4-6/h1-5,11H. The fraction of sp³-hybridized carbons (Fsp3) is 0. The molecule has 0 spiro atoms. The molecule has 0 aromatic carbocycles. The Morgan fingerprint density at radius 3 is 2.91 bits per heavy atom. The summed E-state index contributed by atoms with van der Waals surface area (Å²) in [5.41, 5.74) is 0.617. The molecule has 1 radical (unpaired) electrons. The second-order valence-corrected chi connectivity index (χ2v) is 2.39. The minimum absolute atomic E-state index is 0.617. The van der Waals surface area contributed by atoms with E-state index in [0.717, 1.165) is 6.61 Å². The van der Waals surface area contributed by atoms with Gasteiger partial charge < -0.3 is 0 Å². The summed E-state index contributed by atoms with van der Waals surface area (Å²) in [6, 6.07) is 3.37. The monoisotopic (exact) mass is 172 g/mol. The topological polar surface area (TPSA) is 56.3 Å². The Hall–Kier alpha value is -0.940. The van der Waals surface area contributed by atoms with Crippen LogP contribution in [0.25, 0.3) is 0 Å². The lowest BCUT2D eigenvalue weighted by Gasteiger charge is -1.93. The second kappa shape index (κ2) is 4.05. The lowest BCUT2D eigenvalue weighted by Crippen LogP contribution is -1.87. The van der Waals surface area contributed by atoms with Crippen molar-refractivity contribution >= 4 is 11.0 Å². The molecule has 0 aliphatic carbocycles. The minimum Gasteiger partial charge on any atom is -0.264 e. The molecule has 1 aromatic rings. The van der Waals surface area contributed by atoms with E-state index in [9.17, 15) is 8.42 Å². The normalized spacial score (nSPS) is 10.3. The van der Waals surface area contributed by atoms with E-state index in [1.807, 2.05) is 0 Å². The van der Waals surface area contributed by atoms with Gasteiger partial charge in [-0.1, -0.05) is 6.07 Å². The van der Waals surface area contributed by atoms with Crippen LogP contribution in [0.3, 0.4) is 0 Å². The van der Waals surface area contributed by atoms with E-state index in [1.165, 1.54) is 6.20 Å². The van der Waals surface area contributed by atoms with Gasteiger partial charge in [-0.05, 0) is 6.07 Å². The van der Waals surface area contributed by atoms with Crippen molar-refractivity contribution in [3.05, 3.63) is 36.7 Å². The largest absolute Gasteiger partial charge is 0.264 e. The van der Waals surface area contributed by atoms with Crippen molar-refractivity contribution in [3.8, 4) is 0 Å². The van der Waals surface area contributed by atoms with Crippen molar-refractivity contribution in [1.82, 2.24) is 4.98 Å². The molecule has 1 rings (SSSR count). The van der Waals surface area contributed by atoms with Gasteiger partial charge in [-0.2, -0.15) is 0 Å². The molecule has 4 nitrogen and oxygen atoms in total. The van der Waals surface area contributed by atoms with Crippen LogP contribution in [-0.4, -0.2) is 13.4 Å². The Bertz CT molecular complexity index is 275. The first-order valence-corrected chi connectivity index (χ1v) is 3.93. The van der Waals surface area contributed by atoms with Crippen LogP contribution in [0.5, 0.6) is 0 Å². The fourth-order valence-corrected chi connectivity index (χ4v) is 0.757. The first-order valence-electron chi connectivity index (χ1n) is 2.83. The molecule has 0 unspecified atom stereocenters. The molecule has 0 atom stereocenters. The molecule has 0 aliphatic rings. The maximum Gasteiger partial charge on any atom is 0.257 e. The molecule has 0 aliphatic heterocycles. The maximum atomic E-state index is 9.94. The van der Waals surface area contributed by atoms with Crippen molar-refractivity contribution in [2.45, 2.75) is 0 Å². The summed E-state index contributed by atoms with van der Waals surface area (Å²) in [7, 11) is -2.81. The summed E-state index contributed by atoms with van der Waals surface area (Å²) in [6.07, 6.45) is 3.09. The predicted octanol–water partition coefficient (Wildman–Crippen LogP) is 0.134. The number of pyridine rings is 1. The van der Waals surface area contributed by atoms with Gasteiger partial charge in [0.05, 0.1) is 0 Å². The number of rotatable bonds is 3. The Morgan fingerprint density at radius 2 is 2.36 bits per heavy atom. The van der Waals surface area contributed by atoms with Crippen molar-refractivity contribution in [3.63, 3.8) is 0 Å². The highest BCUT2D eigenvalue weighted by Gasteiger charge is 1.92. The minimum atomic E-state index is -2.81. The van der Waals surface area contributed by atoms with Gasteiger partial charge in [-0.15, -0.1) is 0 Å². The summed E-state index contributed by atoms with van der Waals surface area (Å²) in [5.74, 6) is 0. The molecule has 0 N–H and O–H groups in total. The maximum absolute atomic E-state index is 9.94. The predicted molar refractivity (Wildman–Crippen MR) is 39.0 cm³/mol. The highest BCUT2D eigenvalue weighted by Crippen LogP contribution is 1.99. The molecular weight excluding hydrogens is 166 g/mol. The van der Waals surface area contributed by atoms with Gasteiger partial charge in [-0.3, -0.25) is 9.17 Å². The molecule has 5 heteroatoms. The van der Waals surface area contributed by atoms with Gasteiger partial charge >= 0.3 is 0 Å². The summed E-state index contributed by atoms with van der Waals surface area (Å²) >= 11 is 0. The Kier molecular flexibility index (Phi) is 3.00. The van der Waals surface area contributed by atoms with E-state index in [1.54, 1.807) is 18.3 Å². The van der Waals surface area contributed by atoms with Gasteiger partial charge in [0, 0.05) is 18.0 Å². The summed E-state index contributed by atoms with van der Waals surface area (Å²) in [5, 5.41) is 0. The Labute approximate surface area is 66.0 Å². The van der Waals surface area contributed by atoms with E-state index in [0.29, 0.717) is 5.56 Å². The lowest BCUT2D eigenvalue weighted by atomic mass is 10.3. The van der Waals surface area contributed by atoms with Crippen LogP contribution in [0.2, 0.25) is 0 Å². The molecule has 0 saturated heterocycles. The zero-order valence-electron chi connectivity index (χ0n) is 5.51. The summed E-state index contributed by atoms with van der Waals surface area (Å²) in [6.45, 7) is 1.12. The zero-order valence-corrected chi connectivity index (χ0v) is 6.40. The zero-order chi connectivity index (χ0) is 8.10.